The van der Waals surface area contributed by atoms with Crippen molar-refractivity contribution in [1.29, 1.82) is 0 Å². The van der Waals surface area contributed by atoms with Crippen molar-refractivity contribution in [3.8, 4) is 28.7 Å². The minimum absolute atomic E-state index is 0.00821. The van der Waals surface area contributed by atoms with Crippen LogP contribution in [-0.4, -0.2) is 22.8 Å². The van der Waals surface area contributed by atoms with Gasteiger partial charge >= 0.3 is 0 Å². The molecule has 302 valence electrons. The van der Waals surface area contributed by atoms with Crippen LogP contribution in [-0.2, 0) is 14.4 Å². The van der Waals surface area contributed by atoms with Crippen LogP contribution in [0.15, 0.2) is 30.3 Å². The summed E-state index contributed by atoms with van der Waals surface area (Å²) in [6.07, 6.45) is 13.4. The molecule has 6 rings (SSSR count). The lowest BCUT2D eigenvalue weighted by Crippen LogP contribution is -2.35. The number of benzene rings is 3. The number of rotatable bonds is 10. The molecule has 0 heterocycles. The molecule has 56 heavy (non-hydrogen) atoms. The molecule has 14 heteroatoms. The monoisotopic (exact) mass is 865 g/mol. The zero-order chi connectivity index (χ0) is 40.4. The molecule has 9 nitrogen and oxygen atoms in total. The fourth-order valence-electron chi connectivity index (χ4n) is 8.00. The smallest absolute Gasteiger partial charge is 0.230 e. The van der Waals surface area contributed by atoms with Gasteiger partial charge in [-0.05, 0) is 50.7 Å². The summed E-state index contributed by atoms with van der Waals surface area (Å²) in [5.41, 5.74) is -0.991. The van der Waals surface area contributed by atoms with E-state index in [0.717, 1.165) is 96.3 Å². The first-order chi connectivity index (χ1) is 26.5. The second kappa shape index (κ2) is 17.4. The maximum absolute atomic E-state index is 13.7. The molecular weight excluding hydrogens is 820 g/mol. The molecule has 0 saturated heterocycles. The Morgan fingerprint density at radius 3 is 1.45 bits per heavy atom. The predicted octanol–water partition coefficient (Wildman–Crippen LogP) is 14.0. The topological polar surface area (TPSA) is 126 Å². The maximum Gasteiger partial charge on any atom is 0.230 e. The van der Waals surface area contributed by atoms with Crippen molar-refractivity contribution >= 4 is 92.8 Å². The zero-order valence-electron chi connectivity index (χ0n) is 31.9. The van der Waals surface area contributed by atoms with Gasteiger partial charge in [-0.2, -0.15) is 0 Å². The molecule has 0 unspecified atom stereocenters. The van der Waals surface area contributed by atoms with E-state index in [-0.39, 0.29) is 83.0 Å². The van der Waals surface area contributed by atoms with Gasteiger partial charge in [0.2, 0.25) is 17.7 Å². The number of anilines is 3. The number of carbonyl (C=O) groups excluding carboxylic acids is 3. The maximum atomic E-state index is 13.7. The van der Waals surface area contributed by atoms with Gasteiger partial charge in [-0.3, -0.25) is 14.4 Å². The van der Waals surface area contributed by atoms with Crippen molar-refractivity contribution in [2.75, 3.05) is 16.0 Å². The summed E-state index contributed by atoms with van der Waals surface area (Å²) < 4.78 is 12.6. The van der Waals surface area contributed by atoms with Gasteiger partial charge in [-0.25, -0.2) is 0 Å². The summed E-state index contributed by atoms with van der Waals surface area (Å²) in [5, 5.41) is 19.8. The second-order valence-corrected chi connectivity index (χ2v) is 18.3. The SMILES string of the molecule is CC1(C(=O)Nc2cc(Oc3c(Oc4ccc(NC(=O)C5(C)CCCCC5)c(Cl)c4Cl)cc(NC(=O)C4(C)CCCCC4)c(Cl)c3Cl)c(O)cc2Cl)CCCCC1. The quantitative estimate of drug-likeness (QED) is 0.150. The van der Waals surface area contributed by atoms with Crippen molar-refractivity contribution in [2.45, 2.75) is 117 Å². The van der Waals surface area contributed by atoms with E-state index in [4.69, 9.17) is 67.5 Å². The highest BCUT2D eigenvalue weighted by Gasteiger charge is 2.38. The van der Waals surface area contributed by atoms with Crippen molar-refractivity contribution in [1.82, 2.24) is 0 Å². The van der Waals surface area contributed by atoms with Crippen LogP contribution in [0.3, 0.4) is 0 Å². The molecule has 4 N–H and O–H groups in total. The molecule has 0 atom stereocenters. The molecule has 3 fully saturated rings. The molecule has 0 aliphatic heterocycles. The lowest BCUT2D eigenvalue weighted by molar-refractivity contribution is -0.127. The summed E-state index contributed by atoms with van der Waals surface area (Å²) in [7, 11) is 0. The number of phenolic OH excluding ortho intramolecular Hbond substituents is 1. The number of hydrogen-bond acceptors (Lipinski definition) is 6. The average molecular weight is 868 g/mol. The Hall–Kier alpha value is -3.08. The molecule has 3 aromatic rings. The van der Waals surface area contributed by atoms with Gasteiger partial charge in [-0.15, -0.1) is 0 Å². The van der Waals surface area contributed by atoms with Crippen LogP contribution < -0.4 is 25.4 Å². The van der Waals surface area contributed by atoms with E-state index in [1.165, 1.54) is 18.2 Å². The Morgan fingerprint density at radius 1 is 0.518 bits per heavy atom. The normalized spacial score (nSPS) is 18.7. The zero-order valence-corrected chi connectivity index (χ0v) is 35.7. The Kier molecular flexibility index (Phi) is 13.2. The van der Waals surface area contributed by atoms with E-state index in [0.29, 0.717) is 5.69 Å². The number of nitrogens with one attached hydrogen (secondary N) is 3. The number of ether oxygens (including phenoxy) is 2. The van der Waals surface area contributed by atoms with E-state index in [1.54, 1.807) is 12.1 Å². The number of hydrogen-bond donors (Lipinski definition) is 4. The Bertz CT molecular complexity index is 2010. The average Bonchev–Trinajstić information content (AvgIpc) is 3.17. The number of amides is 3. The van der Waals surface area contributed by atoms with E-state index < -0.39 is 16.2 Å². The second-order valence-electron chi connectivity index (χ2n) is 16.3. The third-order valence-electron chi connectivity index (χ3n) is 11.9. The Labute approximate surface area is 353 Å². The van der Waals surface area contributed by atoms with Crippen LogP contribution in [0.1, 0.15) is 117 Å². The van der Waals surface area contributed by atoms with Gasteiger partial charge in [0.05, 0.1) is 32.1 Å². The summed E-state index contributed by atoms with van der Waals surface area (Å²) in [6, 6.07) is 7.23. The minimum atomic E-state index is -0.610. The third-order valence-corrected chi connectivity index (χ3v) is 13.9. The molecule has 3 saturated carbocycles. The summed E-state index contributed by atoms with van der Waals surface area (Å²) >= 11 is 33.8. The third kappa shape index (κ3) is 9.13. The fourth-order valence-corrected chi connectivity index (χ4v) is 9.03. The van der Waals surface area contributed by atoms with Crippen molar-refractivity contribution in [3.05, 3.63) is 55.4 Å². The predicted molar refractivity (Wildman–Crippen MR) is 226 cm³/mol. The standard InChI is InChI=1S/C42H48Cl5N3O6/c1-40(15-7-4-8-16-40)37(52)48-25-13-14-29(34(46)32(25)44)55-31-23-27(50-39(54)42(3)19-11-6-12-20-42)33(45)35(47)36(31)56-30-22-26(24(43)21-28(30)51)49-38(53)41(2)17-9-5-10-18-41/h13-14,21-23,51H,4-12,15-20H2,1-3H3,(H,48,52)(H,49,53)(H,50,54). The highest BCUT2D eigenvalue weighted by atomic mass is 35.5. The highest BCUT2D eigenvalue weighted by molar-refractivity contribution is 6.46. The minimum Gasteiger partial charge on any atom is -0.504 e. The summed E-state index contributed by atoms with van der Waals surface area (Å²) in [4.78, 5) is 40.4. The first-order valence-electron chi connectivity index (χ1n) is 19.4. The molecule has 3 amide bonds. The van der Waals surface area contributed by atoms with Gasteiger partial charge in [0, 0.05) is 34.4 Å². The number of carbonyl (C=O) groups is 3. The number of aromatic hydroxyl groups is 1. The van der Waals surface area contributed by atoms with Crippen LogP contribution in [0.5, 0.6) is 28.7 Å². The van der Waals surface area contributed by atoms with E-state index >= 15 is 0 Å². The van der Waals surface area contributed by atoms with Gasteiger partial charge < -0.3 is 30.5 Å². The van der Waals surface area contributed by atoms with E-state index in [2.05, 4.69) is 16.0 Å². The van der Waals surface area contributed by atoms with Gasteiger partial charge in [0.1, 0.15) is 15.8 Å². The van der Waals surface area contributed by atoms with E-state index in [1.807, 2.05) is 20.8 Å². The van der Waals surface area contributed by atoms with Crippen LogP contribution in [0.2, 0.25) is 25.1 Å². The molecule has 3 aromatic carbocycles. The van der Waals surface area contributed by atoms with Crippen molar-refractivity contribution in [2.24, 2.45) is 16.2 Å². The van der Waals surface area contributed by atoms with Crippen molar-refractivity contribution < 1.29 is 29.0 Å². The molecule has 0 aromatic heterocycles. The number of halogens is 5. The first kappa shape index (κ1) is 42.5. The molecular formula is C42H48Cl5N3O6. The van der Waals surface area contributed by atoms with Crippen LogP contribution in [0.25, 0.3) is 0 Å². The Morgan fingerprint density at radius 2 is 0.946 bits per heavy atom. The van der Waals surface area contributed by atoms with Gasteiger partial charge in [0.25, 0.3) is 0 Å². The highest BCUT2D eigenvalue weighted by Crippen LogP contribution is 2.52. The van der Waals surface area contributed by atoms with E-state index in [9.17, 15) is 19.5 Å². The number of phenols is 1. The van der Waals surface area contributed by atoms with Gasteiger partial charge in [0.15, 0.2) is 23.0 Å². The van der Waals surface area contributed by atoms with Crippen LogP contribution in [0.4, 0.5) is 17.1 Å². The summed E-state index contributed by atoms with van der Waals surface area (Å²) in [6.45, 7) is 5.82. The largest absolute Gasteiger partial charge is 0.504 e. The summed E-state index contributed by atoms with van der Waals surface area (Å²) in [5.74, 6) is -1.12. The first-order valence-corrected chi connectivity index (χ1v) is 21.3. The van der Waals surface area contributed by atoms with Crippen LogP contribution >= 0.6 is 58.0 Å². The fraction of sp³-hybridized carbons (Fsp3) is 0.500. The lowest BCUT2D eigenvalue weighted by atomic mass is 9.75. The molecule has 3 aliphatic carbocycles. The van der Waals surface area contributed by atoms with Crippen LogP contribution in [0, 0.1) is 16.2 Å². The Balaban J connectivity index is 1.35. The lowest BCUT2D eigenvalue weighted by Gasteiger charge is -2.32. The van der Waals surface area contributed by atoms with Crippen molar-refractivity contribution in [3.63, 3.8) is 0 Å². The molecule has 3 aliphatic rings. The molecule has 0 bridgehead atoms. The molecule has 0 spiro atoms. The van der Waals surface area contributed by atoms with Gasteiger partial charge in [-0.1, -0.05) is 137 Å². The molecule has 0 radical (unpaired) electrons.